The fraction of sp³-hybridized carbons (Fsp3) is 1.00. The van der Waals surface area contributed by atoms with Gasteiger partial charge in [0.1, 0.15) is 8.96 Å². The third-order valence-corrected chi connectivity index (χ3v) is 7.74. The first-order valence-corrected chi connectivity index (χ1v) is 7.62. The molecule has 0 heterocycles. The minimum atomic E-state index is -0.484. The third kappa shape index (κ3) is 4.68. The van der Waals surface area contributed by atoms with E-state index in [0.29, 0.717) is 0 Å². The first kappa shape index (κ1) is 10.9. The molecular weight excluding hydrogens is 253 g/mol. The van der Waals surface area contributed by atoms with E-state index in [-0.39, 0.29) is 0 Å². The Hall–Kier alpha value is 0.907. The van der Waals surface area contributed by atoms with Crippen LogP contribution >= 0.6 is 22.6 Å². The summed E-state index contributed by atoms with van der Waals surface area (Å²) < 4.78 is 3.85. The average Bonchev–Trinajstić information content (AvgIpc) is 1.89. The Morgan fingerprint density at radius 2 is 2.00 bits per heavy atom. The van der Waals surface area contributed by atoms with Gasteiger partial charge in [-0.05, 0) is 20.1 Å². The van der Waals surface area contributed by atoms with Crippen molar-refractivity contribution in [3.05, 3.63) is 0 Å². The zero-order valence-corrected chi connectivity index (χ0v) is 10.5. The van der Waals surface area contributed by atoms with Crippen LogP contribution in [0.4, 0.5) is 0 Å². The van der Waals surface area contributed by atoms with E-state index < -0.39 is 8.96 Å². The predicted molar refractivity (Wildman–Crippen MR) is 59.4 cm³/mol. The Morgan fingerprint density at radius 3 is 2.30 bits per heavy atom. The van der Waals surface area contributed by atoms with Crippen molar-refractivity contribution in [2.45, 2.75) is 25.8 Å². The van der Waals surface area contributed by atoms with Crippen LogP contribution in [0.3, 0.4) is 0 Å². The van der Waals surface area contributed by atoms with Crippen LogP contribution < -0.4 is 0 Å². The van der Waals surface area contributed by atoms with Crippen LogP contribution in [0.1, 0.15) is 19.8 Å². The van der Waals surface area contributed by atoms with Crippen molar-refractivity contribution in [1.82, 2.24) is 4.57 Å². The van der Waals surface area contributed by atoms with Crippen molar-refractivity contribution < 1.29 is 0 Å². The quantitative estimate of drug-likeness (QED) is 0.420. The molecule has 0 bridgehead atoms. The number of unbranched alkanes of at least 4 members (excludes halogenated alkanes) is 1. The second kappa shape index (κ2) is 6.61. The summed E-state index contributed by atoms with van der Waals surface area (Å²) in [5.41, 5.74) is 0. The molecule has 3 heteroatoms. The predicted octanol–water partition coefficient (Wildman–Crippen LogP) is 2.05. The SMILES string of the molecule is CCCC[SiH](CI)N(C)C. The van der Waals surface area contributed by atoms with Crippen LogP contribution in [0.5, 0.6) is 0 Å². The zero-order chi connectivity index (χ0) is 7.98. The van der Waals surface area contributed by atoms with E-state index in [9.17, 15) is 0 Å². The standard InChI is InChI=1S/C7H18INSi/c1-4-5-6-10(7-8)9(2)3/h10H,4-7H2,1-3H3. The summed E-state index contributed by atoms with van der Waals surface area (Å²) in [4.78, 5) is 0. The van der Waals surface area contributed by atoms with E-state index in [1.54, 1.807) is 0 Å². The molecule has 1 unspecified atom stereocenters. The molecule has 0 saturated heterocycles. The first-order valence-electron chi connectivity index (χ1n) is 3.94. The highest BCUT2D eigenvalue weighted by Gasteiger charge is 2.09. The molecule has 0 saturated carbocycles. The van der Waals surface area contributed by atoms with Crippen LogP contribution in [0.25, 0.3) is 0 Å². The summed E-state index contributed by atoms with van der Waals surface area (Å²) in [5.74, 6) is 0. The van der Waals surface area contributed by atoms with Gasteiger partial charge in [0.15, 0.2) is 0 Å². The van der Waals surface area contributed by atoms with Gasteiger partial charge in [-0.2, -0.15) is 0 Å². The van der Waals surface area contributed by atoms with E-state index in [4.69, 9.17) is 0 Å². The normalized spacial score (nSPS) is 14.1. The van der Waals surface area contributed by atoms with Crippen molar-refractivity contribution in [2.75, 3.05) is 18.1 Å². The summed E-state index contributed by atoms with van der Waals surface area (Å²) in [6.45, 7) is 2.27. The molecule has 0 aliphatic heterocycles. The van der Waals surface area contributed by atoms with Crippen LogP contribution in [-0.4, -0.2) is 31.7 Å². The number of nitrogens with zero attached hydrogens (tertiary/aromatic N) is 1. The maximum absolute atomic E-state index is 2.52. The number of hydrogen-bond donors (Lipinski definition) is 0. The lowest BCUT2D eigenvalue weighted by Gasteiger charge is -2.19. The first-order chi connectivity index (χ1) is 4.72. The Kier molecular flexibility index (Phi) is 7.21. The summed E-state index contributed by atoms with van der Waals surface area (Å²) in [7, 11) is 3.97. The monoisotopic (exact) mass is 271 g/mol. The fourth-order valence-electron chi connectivity index (χ4n) is 0.913. The molecule has 0 fully saturated rings. The molecule has 1 atom stereocenters. The summed E-state index contributed by atoms with van der Waals surface area (Å²) in [6.07, 6.45) is 2.78. The molecule has 62 valence electrons. The van der Waals surface area contributed by atoms with Gasteiger partial charge in [0.05, 0.1) is 0 Å². The van der Waals surface area contributed by atoms with Gasteiger partial charge < -0.3 is 4.57 Å². The summed E-state index contributed by atoms with van der Waals surface area (Å²) in [6, 6.07) is 1.49. The smallest absolute Gasteiger partial charge is 0.120 e. The van der Waals surface area contributed by atoms with E-state index >= 15 is 0 Å². The molecule has 10 heavy (non-hydrogen) atoms. The van der Waals surface area contributed by atoms with Crippen molar-refractivity contribution >= 4 is 31.5 Å². The van der Waals surface area contributed by atoms with Gasteiger partial charge >= 0.3 is 0 Å². The molecule has 0 aliphatic rings. The zero-order valence-electron chi connectivity index (χ0n) is 7.23. The molecule has 0 aliphatic carbocycles. The summed E-state index contributed by atoms with van der Waals surface area (Å²) in [5, 5.41) is 0. The topological polar surface area (TPSA) is 3.24 Å². The molecule has 0 N–H and O–H groups in total. The second-order valence-corrected chi connectivity index (χ2v) is 8.78. The highest BCUT2D eigenvalue weighted by atomic mass is 127. The molecule has 0 amide bonds. The van der Waals surface area contributed by atoms with E-state index in [0.717, 1.165) is 0 Å². The maximum atomic E-state index is 2.52. The van der Waals surface area contributed by atoms with Crippen molar-refractivity contribution in [1.29, 1.82) is 0 Å². The van der Waals surface area contributed by atoms with Gasteiger partial charge in [-0.15, -0.1) is 0 Å². The molecule has 0 aromatic rings. The van der Waals surface area contributed by atoms with Crippen LogP contribution in [0.15, 0.2) is 0 Å². The Morgan fingerprint density at radius 1 is 1.40 bits per heavy atom. The second-order valence-electron chi connectivity index (χ2n) is 2.91. The molecule has 0 radical (unpaired) electrons. The molecule has 0 rings (SSSR count). The molecule has 1 nitrogen and oxygen atoms in total. The third-order valence-electron chi connectivity index (χ3n) is 1.80. The minimum absolute atomic E-state index is 0.484. The lowest BCUT2D eigenvalue weighted by atomic mass is 10.4. The van der Waals surface area contributed by atoms with Crippen molar-refractivity contribution in [2.24, 2.45) is 0 Å². The molecule has 0 spiro atoms. The lowest BCUT2D eigenvalue weighted by molar-refractivity contribution is 0.632. The Labute approximate surface area is 80.0 Å². The van der Waals surface area contributed by atoms with E-state index in [1.165, 1.54) is 22.9 Å². The average molecular weight is 271 g/mol. The number of hydrogen-bond acceptors (Lipinski definition) is 1. The molecular formula is C7H18INSi. The largest absolute Gasteiger partial charge is 0.331 e. The number of rotatable bonds is 5. The highest BCUT2D eigenvalue weighted by molar-refractivity contribution is 14.1. The minimum Gasteiger partial charge on any atom is -0.331 e. The molecule has 0 aromatic carbocycles. The van der Waals surface area contributed by atoms with Gasteiger partial charge in [-0.1, -0.05) is 42.4 Å². The Bertz CT molecular complexity index is 78.0. The van der Waals surface area contributed by atoms with Gasteiger partial charge in [0.25, 0.3) is 0 Å². The van der Waals surface area contributed by atoms with Crippen LogP contribution in [0, 0.1) is 0 Å². The number of halogens is 1. The van der Waals surface area contributed by atoms with Crippen LogP contribution in [0.2, 0.25) is 6.04 Å². The van der Waals surface area contributed by atoms with E-state index in [2.05, 4.69) is 48.2 Å². The van der Waals surface area contributed by atoms with Gasteiger partial charge in [-0.25, -0.2) is 0 Å². The van der Waals surface area contributed by atoms with Gasteiger partial charge in [0, 0.05) is 4.05 Å². The van der Waals surface area contributed by atoms with Crippen molar-refractivity contribution in [3.63, 3.8) is 0 Å². The highest BCUT2D eigenvalue weighted by Crippen LogP contribution is 2.05. The van der Waals surface area contributed by atoms with Gasteiger partial charge in [-0.3, -0.25) is 0 Å². The summed E-state index contributed by atoms with van der Waals surface area (Å²) >= 11 is 2.52. The fourth-order valence-corrected chi connectivity index (χ4v) is 6.42. The lowest BCUT2D eigenvalue weighted by Crippen LogP contribution is -2.34. The maximum Gasteiger partial charge on any atom is 0.120 e. The Balaban J connectivity index is 3.40. The van der Waals surface area contributed by atoms with Gasteiger partial charge in [0.2, 0.25) is 0 Å². The van der Waals surface area contributed by atoms with E-state index in [1.807, 2.05) is 0 Å². The van der Waals surface area contributed by atoms with Crippen molar-refractivity contribution in [3.8, 4) is 0 Å². The number of alkyl halides is 1. The van der Waals surface area contributed by atoms with Crippen LogP contribution in [-0.2, 0) is 0 Å². The molecule has 0 aromatic heterocycles.